The van der Waals surface area contributed by atoms with Crippen molar-refractivity contribution in [2.75, 3.05) is 39.4 Å². The first kappa shape index (κ1) is 18.5. The molecule has 0 radical (unpaired) electrons. The van der Waals surface area contributed by atoms with Gasteiger partial charge in [0.25, 0.3) is 5.56 Å². The molecule has 0 unspecified atom stereocenters. The number of aliphatic imine (C=N–C) groups is 1. The van der Waals surface area contributed by atoms with Crippen LogP contribution in [0.25, 0.3) is 5.69 Å². The van der Waals surface area contributed by atoms with Gasteiger partial charge in [0.1, 0.15) is 5.56 Å². The molecule has 7 nitrogen and oxygen atoms in total. The molecule has 26 heavy (non-hydrogen) atoms. The highest BCUT2D eigenvalue weighted by atomic mass is 32.1. The number of benzene rings is 1. The SMILES string of the molecule is Cc1ccccc1-n1c(O)c(C=NCCN2CCOCC2)c(=O)[nH]c1=S. The molecular weight excluding hydrogens is 352 g/mol. The number of ether oxygens (including phenoxy) is 1. The van der Waals surface area contributed by atoms with E-state index < -0.39 is 5.56 Å². The van der Waals surface area contributed by atoms with Crippen LogP contribution in [0, 0.1) is 11.7 Å². The van der Waals surface area contributed by atoms with Crippen molar-refractivity contribution in [1.82, 2.24) is 14.5 Å². The Morgan fingerprint density at radius 1 is 1.35 bits per heavy atom. The Bertz CT molecular complexity index is 913. The smallest absolute Gasteiger partial charge is 0.264 e. The van der Waals surface area contributed by atoms with E-state index >= 15 is 0 Å². The van der Waals surface area contributed by atoms with Gasteiger partial charge in [0.15, 0.2) is 4.77 Å². The van der Waals surface area contributed by atoms with E-state index in [2.05, 4.69) is 14.9 Å². The fourth-order valence-electron chi connectivity index (χ4n) is 2.87. The summed E-state index contributed by atoms with van der Waals surface area (Å²) in [5.74, 6) is -0.205. The van der Waals surface area contributed by atoms with Crippen LogP contribution in [-0.4, -0.2) is 65.2 Å². The highest BCUT2D eigenvalue weighted by Crippen LogP contribution is 2.21. The summed E-state index contributed by atoms with van der Waals surface area (Å²) >= 11 is 5.23. The first-order valence-electron chi connectivity index (χ1n) is 8.52. The quantitative estimate of drug-likeness (QED) is 0.614. The average molecular weight is 374 g/mol. The molecule has 2 aromatic rings. The van der Waals surface area contributed by atoms with Gasteiger partial charge >= 0.3 is 0 Å². The summed E-state index contributed by atoms with van der Waals surface area (Å²) in [5, 5.41) is 10.6. The van der Waals surface area contributed by atoms with Crippen LogP contribution < -0.4 is 5.56 Å². The number of aromatic amines is 1. The Hall–Kier alpha value is -2.29. The van der Waals surface area contributed by atoms with Crippen molar-refractivity contribution in [3.8, 4) is 11.6 Å². The fourth-order valence-corrected chi connectivity index (χ4v) is 3.15. The second kappa shape index (κ2) is 8.39. The molecule has 138 valence electrons. The largest absolute Gasteiger partial charge is 0.494 e. The molecule has 1 aromatic heterocycles. The number of nitrogens with one attached hydrogen (secondary N) is 1. The number of H-pyrrole nitrogens is 1. The lowest BCUT2D eigenvalue weighted by Crippen LogP contribution is -2.37. The van der Waals surface area contributed by atoms with Gasteiger partial charge in [-0.15, -0.1) is 0 Å². The van der Waals surface area contributed by atoms with Gasteiger partial charge in [-0.05, 0) is 30.8 Å². The van der Waals surface area contributed by atoms with Crippen LogP contribution in [0.15, 0.2) is 34.1 Å². The monoisotopic (exact) mass is 374 g/mol. The highest BCUT2D eigenvalue weighted by molar-refractivity contribution is 7.71. The zero-order chi connectivity index (χ0) is 18.5. The van der Waals surface area contributed by atoms with E-state index in [-0.39, 0.29) is 16.2 Å². The van der Waals surface area contributed by atoms with Crippen molar-refractivity contribution >= 4 is 18.4 Å². The van der Waals surface area contributed by atoms with Crippen LogP contribution in [0.3, 0.4) is 0 Å². The summed E-state index contributed by atoms with van der Waals surface area (Å²) in [5.41, 5.74) is 1.30. The third-order valence-electron chi connectivity index (χ3n) is 4.35. The molecule has 0 amide bonds. The van der Waals surface area contributed by atoms with Crippen LogP contribution >= 0.6 is 12.2 Å². The van der Waals surface area contributed by atoms with Gasteiger partial charge in [-0.2, -0.15) is 0 Å². The Morgan fingerprint density at radius 2 is 2.08 bits per heavy atom. The number of morpholine rings is 1. The molecule has 1 aliphatic heterocycles. The predicted molar refractivity (Wildman–Crippen MR) is 103 cm³/mol. The fraction of sp³-hybridized carbons (Fsp3) is 0.389. The average Bonchev–Trinajstić information content (AvgIpc) is 2.63. The summed E-state index contributed by atoms with van der Waals surface area (Å²) in [4.78, 5) is 21.4. The third kappa shape index (κ3) is 4.09. The summed E-state index contributed by atoms with van der Waals surface area (Å²) in [6.07, 6.45) is 1.41. The Morgan fingerprint density at radius 3 is 2.81 bits per heavy atom. The molecular formula is C18H22N4O3S. The van der Waals surface area contributed by atoms with Crippen LogP contribution in [0.5, 0.6) is 5.88 Å². The molecule has 0 bridgehead atoms. The minimum absolute atomic E-state index is 0.101. The zero-order valence-corrected chi connectivity index (χ0v) is 15.5. The van der Waals surface area contributed by atoms with Crippen LogP contribution in [-0.2, 0) is 4.74 Å². The van der Waals surface area contributed by atoms with Gasteiger partial charge in [0.2, 0.25) is 5.88 Å². The van der Waals surface area contributed by atoms with Crippen LogP contribution in [0.1, 0.15) is 11.1 Å². The molecule has 1 saturated heterocycles. The topological polar surface area (TPSA) is 82.8 Å². The summed E-state index contributed by atoms with van der Waals surface area (Å²) in [6.45, 7) is 6.49. The molecule has 0 aliphatic carbocycles. The van der Waals surface area contributed by atoms with Crippen LogP contribution in [0.2, 0.25) is 0 Å². The predicted octanol–water partition coefficient (Wildman–Crippen LogP) is 1.66. The van der Waals surface area contributed by atoms with Gasteiger partial charge < -0.3 is 9.84 Å². The van der Waals surface area contributed by atoms with Crippen molar-refractivity contribution in [2.24, 2.45) is 4.99 Å². The van der Waals surface area contributed by atoms with E-state index in [1.165, 1.54) is 10.8 Å². The van der Waals surface area contributed by atoms with Crippen LogP contribution in [0.4, 0.5) is 0 Å². The van der Waals surface area contributed by atoms with Crippen molar-refractivity contribution in [3.05, 3.63) is 50.5 Å². The molecule has 3 rings (SSSR count). The first-order chi connectivity index (χ1) is 12.6. The number of nitrogens with zero attached hydrogens (tertiary/aromatic N) is 3. The molecule has 1 aromatic carbocycles. The van der Waals surface area contributed by atoms with E-state index in [9.17, 15) is 9.90 Å². The van der Waals surface area contributed by atoms with Gasteiger partial charge in [-0.25, -0.2) is 0 Å². The lowest BCUT2D eigenvalue weighted by Gasteiger charge is -2.25. The van der Waals surface area contributed by atoms with Crippen molar-refractivity contribution in [3.63, 3.8) is 0 Å². The molecule has 0 atom stereocenters. The zero-order valence-electron chi connectivity index (χ0n) is 14.6. The highest BCUT2D eigenvalue weighted by Gasteiger charge is 2.14. The van der Waals surface area contributed by atoms with Gasteiger partial charge in [0, 0.05) is 25.8 Å². The minimum atomic E-state index is -0.451. The standard InChI is InChI=1S/C18H22N4O3S/c1-13-4-2-3-5-15(13)22-17(24)14(16(23)20-18(22)26)12-19-6-7-21-8-10-25-11-9-21/h2-5,12,24H,6-11H2,1H3,(H,20,23,26). The molecule has 2 N–H and O–H groups in total. The molecule has 0 spiro atoms. The molecule has 1 fully saturated rings. The lowest BCUT2D eigenvalue weighted by molar-refractivity contribution is 0.0395. The van der Waals surface area contributed by atoms with Crippen molar-refractivity contribution in [2.45, 2.75) is 6.92 Å². The number of aromatic hydroxyl groups is 1. The van der Waals surface area contributed by atoms with E-state index in [0.29, 0.717) is 12.2 Å². The second-order valence-corrected chi connectivity index (χ2v) is 6.49. The maximum Gasteiger partial charge on any atom is 0.264 e. The summed E-state index contributed by atoms with van der Waals surface area (Å²) in [6, 6.07) is 7.50. The Kier molecular flexibility index (Phi) is 5.97. The van der Waals surface area contributed by atoms with Gasteiger partial charge in [-0.3, -0.25) is 24.2 Å². The number of rotatable bonds is 5. The Labute approximate surface area is 156 Å². The second-order valence-electron chi connectivity index (χ2n) is 6.11. The first-order valence-corrected chi connectivity index (χ1v) is 8.93. The maximum atomic E-state index is 12.2. The number of hydrogen-bond donors (Lipinski definition) is 2. The number of aryl methyl sites for hydroxylation is 1. The third-order valence-corrected chi connectivity index (χ3v) is 4.63. The van der Waals surface area contributed by atoms with E-state index in [4.69, 9.17) is 17.0 Å². The normalized spacial score (nSPS) is 15.6. The molecule has 8 heteroatoms. The van der Waals surface area contributed by atoms with E-state index in [0.717, 1.165) is 38.4 Å². The number of aromatic nitrogens is 2. The number of para-hydroxylation sites is 1. The van der Waals surface area contributed by atoms with Gasteiger partial charge in [0.05, 0.1) is 25.4 Å². The summed E-state index contributed by atoms with van der Waals surface area (Å²) in [7, 11) is 0. The molecule has 2 heterocycles. The van der Waals surface area contributed by atoms with E-state index in [1.54, 1.807) is 0 Å². The Balaban J connectivity index is 1.84. The van der Waals surface area contributed by atoms with Crippen molar-refractivity contribution < 1.29 is 9.84 Å². The lowest BCUT2D eigenvalue weighted by atomic mass is 10.2. The minimum Gasteiger partial charge on any atom is -0.494 e. The van der Waals surface area contributed by atoms with E-state index in [1.807, 2.05) is 31.2 Å². The maximum absolute atomic E-state index is 12.2. The molecule has 0 saturated carbocycles. The summed E-state index contributed by atoms with van der Waals surface area (Å²) < 4.78 is 6.91. The number of hydrogen-bond acceptors (Lipinski definition) is 6. The molecule has 1 aliphatic rings. The van der Waals surface area contributed by atoms with Gasteiger partial charge in [-0.1, -0.05) is 18.2 Å². The van der Waals surface area contributed by atoms with Crippen molar-refractivity contribution in [1.29, 1.82) is 0 Å².